The zero-order chi connectivity index (χ0) is 24.2. The van der Waals surface area contributed by atoms with Gasteiger partial charge in [-0.15, -0.1) is 0 Å². The third-order valence-electron chi connectivity index (χ3n) is 6.26. The molecule has 2 aromatic rings. The fourth-order valence-corrected chi connectivity index (χ4v) is 4.76. The first kappa shape index (κ1) is 25.3. The molecule has 0 saturated carbocycles. The lowest BCUT2D eigenvalue weighted by atomic mass is 9.82. The second-order valence-corrected chi connectivity index (χ2v) is 10.4. The first-order valence-corrected chi connectivity index (χ1v) is 11.8. The summed E-state index contributed by atoms with van der Waals surface area (Å²) in [6.45, 7) is 6.88. The Balaban J connectivity index is 1.72. The number of benzene rings is 2. The standard InChI is InChI=1S/C27H36F2N2O2/c1-27(2,3)15-17-8-9-19-6-5-7-24(22(19)12-17)31-16-25(32)23(26(33)30-4)13-18-10-20(28)14-21(29)11-18/h8-12,14,23-25,31-32H,5-7,13,15-16H2,1-4H3,(H,30,33). The number of fused-ring (bicyclic) bond motifs is 1. The molecular weight excluding hydrogens is 422 g/mol. The average Bonchev–Trinajstić information content (AvgIpc) is 2.73. The second-order valence-electron chi connectivity index (χ2n) is 10.4. The van der Waals surface area contributed by atoms with Crippen LogP contribution in [0.25, 0.3) is 0 Å². The van der Waals surface area contributed by atoms with E-state index in [9.17, 15) is 18.7 Å². The number of carbonyl (C=O) groups is 1. The summed E-state index contributed by atoms with van der Waals surface area (Å²) >= 11 is 0. The van der Waals surface area contributed by atoms with E-state index in [4.69, 9.17) is 0 Å². The van der Waals surface area contributed by atoms with Crippen LogP contribution in [0.4, 0.5) is 8.78 Å². The van der Waals surface area contributed by atoms with Gasteiger partial charge in [0.05, 0.1) is 12.0 Å². The van der Waals surface area contributed by atoms with Gasteiger partial charge in [0.15, 0.2) is 0 Å². The van der Waals surface area contributed by atoms with Crippen LogP contribution in [0.5, 0.6) is 0 Å². The van der Waals surface area contributed by atoms with Gasteiger partial charge in [0.2, 0.25) is 5.91 Å². The lowest BCUT2D eigenvalue weighted by Gasteiger charge is -2.30. The van der Waals surface area contributed by atoms with Crippen LogP contribution in [0, 0.1) is 23.0 Å². The predicted molar refractivity (Wildman–Crippen MR) is 127 cm³/mol. The summed E-state index contributed by atoms with van der Waals surface area (Å²) in [5, 5.41) is 16.9. The summed E-state index contributed by atoms with van der Waals surface area (Å²) in [6, 6.07) is 9.99. The van der Waals surface area contributed by atoms with Crippen LogP contribution < -0.4 is 10.6 Å². The lowest BCUT2D eigenvalue weighted by molar-refractivity contribution is -0.128. The molecule has 0 radical (unpaired) electrons. The van der Waals surface area contributed by atoms with Gasteiger partial charge in [-0.3, -0.25) is 4.79 Å². The van der Waals surface area contributed by atoms with Gasteiger partial charge in [-0.25, -0.2) is 8.78 Å². The number of rotatable bonds is 8. The Kier molecular flexibility index (Phi) is 8.24. The maximum atomic E-state index is 13.6. The van der Waals surface area contributed by atoms with Gasteiger partial charge in [0.25, 0.3) is 0 Å². The quantitative estimate of drug-likeness (QED) is 0.546. The molecule has 1 amide bonds. The molecule has 0 saturated heterocycles. The first-order chi connectivity index (χ1) is 15.6. The van der Waals surface area contributed by atoms with E-state index in [0.717, 1.165) is 31.7 Å². The molecule has 6 heteroatoms. The molecular formula is C27H36F2N2O2. The van der Waals surface area contributed by atoms with E-state index in [1.54, 1.807) is 0 Å². The van der Waals surface area contributed by atoms with E-state index >= 15 is 0 Å². The Bertz CT molecular complexity index is 951. The summed E-state index contributed by atoms with van der Waals surface area (Å²) in [4.78, 5) is 12.5. The molecule has 0 bridgehead atoms. The molecule has 0 spiro atoms. The second kappa shape index (κ2) is 10.7. The van der Waals surface area contributed by atoms with Gasteiger partial charge in [0.1, 0.15) is 11.6 Å². The van der Waals surface area contributed by atoms with Crippen molar-refractivity contribution >= 4 is 5.91 Å². The van der Waals surface area contributed by atoms with E-state index < -0.39 is 23.7 Å². The Hall–Kier alpha value is -2.31. The summed E-state index contributed by atoms with van der Waals surface area (Å²) in [5.74, 6) is -2.57. The largest absolute Gasteiger partial charge is 0.391 e. The monoisotopic (exact) mass is 458 g/mol. The highest BCUT2D eigenvalue weighted by Gasteiger charge is 2.29. The maximum absolute atomic E-state index is 13.6. The van der Waals surface area contributed by atoms with Crippen LogP contribution in [0.1, 0.15) is 61.9 Å². The van der Waals surface area contributed by atoms with Crippen molar-refractivity contribution in [1.82, 2.24) is 10.6 Å². The van der Waals surface area contributed by atoms with Crippen LogP contribution >= 0.6 is 0 Å². The molecule has 0 heterocycles. The summed E-state index contributed by atoms with van der Waals surface area (Å²) in [7, 11) is 1.50. The molecule has 0 aliphatic heterocycles. The molecule has 0 fully saturated rings. The molecule has 3 N–H and O–H groups in total. The van der Waals surface area contributed by atoms with E-state index in [1.165, 1.54) is 35.9 Å². The van der Waals surface area contributed by atoms with E-state index in [2.05, 4.69) is 49.6 Å². The van der Waals surface area contributed by atoms with Crippen LogP contribution in [0.2, 0.25) is 0 Å². The fraction of sp³-hybridized carbons (Fsp3) is 0.519. The highest BCUT2D eigenvalue weighted by Crippen LogP contribution is 2.32. The summed E-state index contributed by atoms with van der Waals surface area (Å²) in [6.07, 6.45) is 3.09. The van der Waals surface area contributed by atoms with Crippen molar-refractivity contribution in [3.63, 3.8) is 0 Å². The Morgan fingerprint density at radius 2 is 1.82 bits per heavy atom. The number of hydrogen-bond acceptors (Lipinski definition) is 3. The molecule has 180 valence electrons. The number of halogens is 2. The highest BCUT2D eigenvalue weighted by molar-refractivity contribution is 5.79. The lowest BCUT2D eigenvalue weighted by Crippen LogP contribution is -2.43. The number of carbonyl (C=O) groups excluding carboxylic acids is 1. The Labute approximate surface area is 195 Å². The van der Waals surface area contributed by atoms with Crippen molar-refractivity contribution in [3.05, 3.63) is 70.3 Å². The van der Waals surface area contributed by atoms with Gasteiger partial charge in [-0.05, 0) is 71.9 Å². The molecule has 1 aliphatic rings. The average molecular weight is 459 g/mol. The van der Waals surface area contributed by atoms with E-state index in [-0.39, 0.29) is 30.3 Å². The predicted octanol–water partition coefficient (Wildman–Crippen LogP) is 4.49. The molecule has 2 aromatic carbocycles. The molecule has 3 rings (SSSR count). The zero-order valence-electron chi connectivity index (χ0n) is 20.1. The highest BCUT2D eigenvalue weighted by atomic mass is 19.1. The summed E-state index contributed by atoms with van der Waals surface area (Å²) in [5.41, 5.74) is 4.42. The van der Waals surface area contributed by atoms with Crippen LogP contribution in [0.3, 0.4) is 0 Å². The van der Waals surface area contributed by atoms with Crippen molar-refractivity contribution in [2.24, 2.45) is 11.3 Å². The van der Waals surface area contributed by atoms with Crippen molar-refractivity contribution in [2.75, 3.05) is 13.6 Å². The Morgan fingerprint density at radius 1 is 1.12 bits per heavy atom. The number of aliphatic hydroxyl groups is 1. The third-order valence-corrected chi connectivity index (χ3v) is 6.26. The zero-order valence-corrected chi connectivity index (χ0v) is 20.1. The van der Waals surface area contributed by atoms with Crippen molar-refractivity contribution < 1.29 is 18.7 Å². The first-order valence-electron chi connectivity index (χ1n) is 11.8. The van der Waals surface area contributed by atoms with Crippen LogP contribution in [-0.4, -0.2) is 30.7 Å². The van der Waals surface area contributed by atoms with Crippen molar-refractivity contribution in [1.29, 1.82) is 0 Å². The topological polar surface area (TPSA) is 61.4 Å². The molecule has 3 unspecified atom stereocenters. The molecule has 1 aliphatic carbocycles. The summed E-state index contributed by atoms with van der Waals surface area (Å²) < 4.78 is 27.2. The van der Waals surface area contributed by atoms with Gasteiger partial charge in [0, 0.05) is 25.7 Å². The third kappa shape index (κ3) is 7.08. The minimum atomic E-state index is -1.00. The number of amides is 1. The van der Waals surface area contributed by atoms with Gasteiger partial charge in [-0.1, -0.05) is 39.0 Å². The SMILES string of the molecule is CNC(=O)C(Cc1cc(F)cc(F)c1)C(O)CNC1CCCc2ccc(CC(C)(C)C)cc21. The van der Waals surface area contributed by atoms with Gasteiger partial charge >= 0.3 is 0 Å². The minimum absolute atomic E-state index is 0.0498. The number of aryl methyl sites for hydroxylation is 1. The number of nitrogens with one attached hydrogen (secondary N) is 2. The van der Waals surface area contributed by atoms with Crippen molar-refractivity contribution in [2.45, 2.75) is 65.0 Å². The van der Waals surface area contributed by atoms with E-state index in [0.29, 0.717) is 5.56 Å². The molecule has 3 atom stereocenters. The normalized spacial score (nSPS) is 17.8. The van der Waals surface area contributed by atoms with E-state index in [1.807, 2.05) is 0 Å². The van der Waals surface area contributed by atoms with Crippen LogP contribution in [0.15, 0.2) is 36.4 Å². The van der Waals surface area contributed by atoms with Crippen LogP contribution in [-0.2, 0) is 24.1 Å². The number of hydrogen-bond donors (Lipinski definition) is 3. The minimum Gasteiger partial charge on any atom is -0.391 e. The molecule has 33 heavy (non-hydrogen) atoms. The maximum Gasteiger partial charge on any atom is 0.225 e. The molecule has 4 nitrogen and oxygen atoms in total. The smallest absolute Gasteiger partial charge is 0.225 e. The van der Waals surface area contributed by atoms with Gasteiger partial charge in [-0.2, -0.15) is 0 Å². The fourth-order valence-electron chi connectivity index (χ4n) is 4.76. The Morgan fingerprint density at radius 3 is 2.45 bits per heavy atom. The van der Waals surface area contributed by atoms with Crippen molar-refractivity contribution in [3.8, 4) is 0 Å². The van der Waals surface area contributed by atoms with Gasteiger partial charge < -0.3 is 15.7 Å². The molecule has 0 aromatic heterocycles. The number of aliphatic hydroxyl groups excluding tert-OH is 1.